The lowest BCUT2D eigenvalue weighted by Crippen LogP contribution is -2.29. The van der Waals surface area contributed by atoms with Crippen molar-refractivity contribution in [1.82, 2.24) is 0 Å². The molecular weight excluding hydrogens is 444 g/mol. The minimum absolute atomic E-state index is 0.979. The molecule has 36 heavy (non-hydrogen) atoms. The van der Waals surface area contributed by atoms with E-state index in [1.54, 1.807) is 0 Å². The Bertz CT molecular complexity index is 780. The zero-order chi connectivity index (χ0) is 26.2. The van der Waals surface area contributed by atoms with Gasteiger partial charge in [-0.3, -0.25) is 0 Å². The lowest BCUT2D eigenvalue weighted by atomic mass is 10.0. The van der Waals surface area contributed by atoms with Crippen LogP contribution in [0.4, 0.5) is 11.4 Å². The van der Waals surface area contributed by atoms with Crippen LogP contribution in [0.3, 0.4) is 0 Å². The van der Waals surface area contributed by atoms with Crippen LogP contribution < -0.4 is 19.3 Å². The molecule has 0 fully saturated rings. The van der Waals surface area contributed by atoms with Crippen molar-refractivity contribution in [2.75, 3.05) is 50.2 Å². The molecule has 0 N–H and O–H groups in total. The van der Waals surface area contributed by atoms with E-state index in [1.165, 1.54) is 99.2 Å². The van der Waals surface area contributed by atoms with Gasteiger partial charge in [0.1, 0.15) is 11.5 Å². The SMILES string of the molecule is CCCCCN(CCCCC)c1c(OC)ccc2ccc(OC)c(N(CCCCC)CCCCC)c12. The van der Waals surface area contributed by atoms with Gasteiger partial charge in [-0.25, -0.2) is 0 Å². The van der Waals surface area contributed by atoms with Gasteiger partial charge in [0, 0.05) is 31.6 Å². The maximum absolute atomic E-state index is 6.05. The number of benzene rings is 2. The number of anilines is 2. The number of ether oxygens (including phenoxy) is 2. The van der Waals surface area contributed by atoms with Gasteiger partial charge in [-0.05, 0) is 43.2 Å². The van der Waals surface area contributed by atoms with Gasteiger partial charge in [-0.15, -0.1) is 0 Å². The molecule has 2 rings (SSSR count). The van der Waals surface area contributed by atoms with Crippen molar-refractivity contribution in [2.45, 2.75) is 105 Å². The number of nitrogens with zero attached hydrogens (tertiary/aromatic N) is 2. The van der Waals surface area contributed by atoms with Crippen LogP contribution in [0.2, 0.25) is 0 Å². The Labute approximate surface area is 222 Å². The van der Waals surface area contributed by atoms with E-state index in [0.29, 0.717) is 0 Å². The third-order valence-corrected chi connectivity index (χ3v) is 7.26. The normalized spacial score (nSPS) is 11.2. The molecule has 4 heteroatoms. The van der Waals surface area contributed by atoms with Gasteiger partial charge in [0.25, 0.3) is 0 Å². The molecule has 0 aliphatic heterocycles. The molecule has 0 bridgehead atoms. The quantitative estimate of drug-likeness (QED) is 0.170. The number of fused-ring (bicyclic) bond motifs is 1. The molecule has 0 aliphatic carbocycles. The number of unbranched alkanes of at least 4 members (excludes halogenated alkanes) is 8. The highest BCUT2D eigenvalue weighted by Crippen LogP contribution is 2.46. The lowest BCUT2D eigenvalue weighted by Gasteiger charge is -2.33. The highest BCUT2D eigenvalue weighted by atomic mass is 16.5. The van der Waals surface area contributed by atoms with Crippen LogP contribution >= 0.6 is 0 Å². The van der Waals surface area contributed by atoms with Gasteiger partial charge in [-0.1, -0.05) is 91.2 Å². The summed E-state index contributed by atoms with van der Waals surface area (Å²) < 4.78 is 12.1. The second-order valence-electron chi connectivity index (χ2n) is 10.1. The molecule has 0 atom stereocenters. The van der Waals surface area contributed by atoms with Crippen LogP contribution in [0.15, 0.2) is 24.3 Å². The maximum Gasteiger partial charge on any atom is 0.142 e. The van der Waals surface area contributed by atoms with Crippen molar-refractivity contribution in [3.8, 4) is 11.5 Å². The first-order valence-corrected chi connectivity index (χ1v) is 14.8. The summed E-state index contributed by atoms with van der Waals surface area (Å²) in [6, 6.07) is 8.79. The lowest BCUT2D eigenvalue weighted by molar-refractivity contribution is 0.412. The van der Waals surface area contributed by atoms with Gasteiger partial charge >= 0.3 is 0 Å². The molecule has 0 spiro atoms. The number of hydrogen-bond acceptors (Lipinski definition) is 4. The van der Waals surface area contributed by atoms with Crippen molar-refractivity contribution in [1.29, 1.82) is 0 Å². The Morgan fingerprint density at radius 3 is 1.11 bits per heavy atom. The van der Waals surface area contributed by atoms with Crippen LogP contribution in [-0.2, 0) is 0 Å². The Kier molecular flexibility index (Phi) is 14.5. The zero-order valence-electron chi connectivity index (χ0n) is 24.3. The minimum Gasteiger partial charge on any atom is -0.495 e. The van der Waals surface area contributed by atoms with E-state index >= 15 is 0 Å². The molecule has 0 radical (unpaired) electrons. The summed E-state index contributed by atoms with van der Waals surface area (Å²) in [7, 11) is 3.64. The van der Waals surface area contributed by atoms with E-state index in [4.69, 9.17) is 9.47 Å². The van der Waals surface area contributed by atoms with Gasteiger partial charge in [0.15, 0.2) is 0 Å². The summed E-state index contributed by atoms with van der Waals surface area (Å²) in [5.74, 6) is 1.96. The first kappa shape index (κ1) is 30.1. The Morgan fingerprint density at radius 2 is 0.833 bits per heavy atom. The van der Waals surface area contributed by atoms with Crippen molar-refractivity contribution in [3.05, 3.63) is 24.3 Å². The average molecular weight is 499 g/mol. The summed E-state index contributed by atoms with van der Waals surface area (Å²) in [5, 5.41) is 2.57. The second-order valence-corrected chi connectivity index (χ2v) is 10.1. The molecule has 0 unspecified atom stereocenters. The third-order valence-electron chi connectivity index (χ3n) is 7.26. The highest BCUT2D eigenvalue weighted by Gasteiger charge is 2.23. The molecule has 2 aromatic rings. The zero-order valence-corrected chi connectivity index (χ0v) is 24.3. The molecule has 0 aliphatic rings. The van der Waals surface area contributed by atoms with Gasteiger partial charge in [0.2, 0.25) is 0 Å². The van der Waals surface area contributed by atoms with E-state index in [2.05, 4.69) is 61.8 Å². The summed E-state index contributed by atoms with van der Waals surface area (Å²) >= 11 is 0. The van der Waals surface area contributed by atoms with E-state index in [9.17, 15) is 0 Å². The topological polar surface area (TPSA) is 24.9 Å². The molecular formula is C32H54N2O2. The van der Waals surface area contributed by atoms with Crippen LogP contribution in [0.25, 0.3) is 10.8 Å². The van der Waals surface area contributed by atoms with Gasteiger partial charge in [0.05, 0.1) is 25.6 Å². The largest absolute Gasteiger partial charge is 0.495 e. The average Bonchev–Trinajstić information content (AvgIpc) is 2.90. The summed E-state index contributed by atoms with van der Waals surface area (Å²) in [4.78, 5) is 5.23. The van der Waals surface area contributed by atoms with Crippen LogP contribution in [0, 0.1) is 0 Å². The Hall–Kier alpha value is -2.10. The molecule has 4 nitrogen and oxygen atoms in total. The van der Waals surface area contributed by atoms with Crippen molar-refractivity contribution >= 4 is 22.1 Å². The van der Waals surface area contributed by atoms with Crippen LogP contribution in [0.1, 0.15) is 105 Å². The van der Waals surface area contributed by atoms with Crippen LogP contribution in [-0.4, -0.2) is 40.4 Å². The molecule has 0 saturated heterocycles. The van der Waals surface area contributed by atoms with Gasteiger partial charge in [-0.2, -0.15) is 0 Å². The van der Waals surface area contributed by atoms with E-state index in [-0.39, 0.29) is 0 Å². The fraction of sp³-hybridized carbons (Fsp3) is 0.688. The predicted molar refractivity (Wildman–Crippen MR) is 160 cm³/mol. The smallest absolute Gasteiger partial charge is 0.142 e. The minimum atomic E-state index is 0.979. The number of rotatable bonds is 20. The van der Waals surface area contributed by atoms with Gasteiger partial charge < -0.3 is 19.3 Å². The second kappa shape index (κ2) is 17.4. The Balaban J connectivity index is 2.72. The molecule has 0 heterocycles. The monoisotopic (exact) mass is 498 g/mol. The Morgan fingerprint density at radius 1 is 0.500 bits per heavy atom. The molecule has 0 saturated carbocycles. The highest BCUT2D eigenvalue weighted by molar-refractivity contribution is 6.08. The number of methoxy groups -OCH3 is 2. The van der Waals surface area contributed by atoms with Crippen LogP contribution in [0.5, 0.6) is 11.5 Å². The molecule has 2 aromatic carbocycles. The first-order valence-electron chi connectivity index (χ1n) is 14.8. The van der Waals surface area contributed by atoms with Crippen molar-refractivity contribution < 1.29 is 9.47 Å². The summed E-state index contributed by atoms with van der Waals surface area (Å²) in [6.45, 7) is 13.4. The fourth-order valence-corrected chi connectivity index (χ4v) is 5.18. The molecule has 204 valence electrons. The fourth-order valence-electron chi connectivity index (χ4n) is 5.18. The third kappa shape index (κ3) is 8.49. The van der Waals surface area contributed by atoms with Crippen molar-refractivity contribution in [3.63, 3.8) is 0 Å². The van der Waals surface area contributed by atoms with Crippen molar-refractivity contribution in [2.24, 2.45) is 0 Å². The number of hydrogen-bond donors (Lipinski definition) is 0. The molecule has 0 aromatic heterocycles. The van der Waals surface area contributed by atoms with E-state index < -0.39 is 0 Å². The summed E-state index contributed by atoms with van der Waals surface area (Å²) in [5.41, 5.74) is 2.51. The van der Waals surface area contributed by atoms with E-state index in [1.807, 2.05) is 14.2 Å². The standard InChI is InChI=1S/C32H54N2O2/c1-7-11-15-23-33(24-16-12-8-2)31-28(35-5)21-19-27-20-22-29(36-6)32(30(27)31)34(25-17-13-9-3)26-18-14-10-4/h19-22H,7-18,23-26H2,1-6H3. The predicted octanol–water partition coefficient (Wildman–Crippen LogP) is 9.23. The maximum atomic E-state index is 6.05. The summed E-state index contributed by atoms with van der Waals surface area (Å²) in [6.07, 6.45) is 14.8. The van der Waals surface area contributed by atoms with E-state index in [0.717, 1.165) is 37.7 Å². The first-order chi connectivity index (χ1) is 17.7. The molecule has 0 amide bonds.